The van der Waals surface area contributed by atoms with E-state index in [9.17, 15) is 14.7 Å². The summed E-state index contributed by atoms with van der Waals surface area (Å²) in [5.41, 5.74) is 0.807. The van der Waals surface area contributed by atoms with Gasteiger partial charge in [-0.05, 0) is 36.8 Å². The normalized spacial score (nSPS) is 17.5. The van der Waals surface area contributed by atoms with Crippen LogP contribution >= 0.6 is 0 Å². The van der Waals surface area contributed by atoms with Gasteiger partial charge in [0, 0.05) is 0 Å². The lowest BCUT2D eigenvalue weighted by atomic mass is 9.96. The van der Waals surface area contributed by atoms with E-state index in [-0.39, 0.29) is 17.9 Å². The number of ether oxygens (including phenoxy) is 1. The maximum Gasteiger partial charge on any atom is 0.290 e. The minimum absolute atomic E-state index is 0.0942. The van der Waals surface area contributed by atoms with Crippen molar-refractivity contribution in [3.63, 3.8) is 0 Å². The molecular formula is C18H17NO5. The number of amides is 1. The first-order valence-corrected chi connectivity index (χ1v) is 7.44. The third-order valence-corrected chi connectivity index (χ3v) is 4.02. The van der Waals surface area contributed by atoms with Gasteiger partial charge in [0.2, 0.25) is 0 Å². The van der Waals surface area contributed by atoms with Crippen LogP contribution in [0.1, 0.15) is 24.3 Å². The molecule has 0 spiro atoms. The highest BCUT2D eigenvalue weighted by Gasteiger charge is 2.42. The number of aliphatic hydroxyl groups excluding tert-OH is 1. The van der Waals surface area contributed by atoms with Gasteiger partial charge in [0.05, 0.1) is 31.5 Å². The zero-order valence-corrected chi connectivity index (χ0v) is 13.4. The third kappa shape index (κ3) is 2.67. The Morgan fingerprint density at radius 3 is 2.54 bits per heavy atom. The number of aliphatic hydroxyl groups is 1. The minimum Gasteiger partial charge on any atom is -0.503 e. The highest BCUT2D eigenvalue weighted by Crippen LogP contribution is 2.39. The molecule has 24 heavy (non-hydrogen) atoms. The second kappa shape index (κ2) is 6.23. The number of rotatable bonds is 5. The molecule has 0 radical (unpaired) electrons. The first kappa shape index (κ1) is 15.9. The van der Waals surface area contributed by atoms with Crippen LogP contribution in [0.2, 0.25) is 0 Å². The van der Waals surface area contributed by atoms with Crippen molar-refractivity contribution in [2.75, 3.05) is 7.11 Å². The van der Waals surface area contributed by atoms with Gasteiger partial charge in [0.25, 0.3) is 5.91 Å². The zero-order valence-electron chi connectivity index (χ0n) is 13.4. The summed E-state index contributed by atoms with van der Waals surface area (Å²) in [5.74, 6) is -0.200. The summed E-state index contributed by atoms with van der Waals surface area (Å²) in [5, 5.41) is 10.2. The molecular weight excluding hydrogens is 310 g/mol. The molecule has 6 heteroatoms. The van der Waals surface area contributed by atoms with Gasteiger partial charge >= 0.3 is 0 Å². The smallest absolute Gasteiger partial charge is 0.290 e. The second-order valence-corrected chi connectivity index (χ2v) is 5.51. The van der Waals surface area contributed by atoms with Gasteiger partial charge in [0.1, 0.15) is 11.5 Å². The number of Topliss-reactive ketones (excluding diaryl/α,β-unsaturated/α-hetero) is 1. The summed E-state index contributed by atoms with van der Waals surface area (Å²) >= 11 is 0. The molecule has 0 saturated carbocycles. The van der Waals surface area contributed by atoms with Crippen molar-refractivity contribution in [2.45, 2.75) is 19.5 Å². The van der Waals surface area contributed by atoms with E-state index in [1.165, 1.54) is 18.1 Å². The maximum atomic E-state index is 12.5. The molecule has 124 valence electrons. The Bertz CT molecular complexity index is 789. The number of carbonyl (C=O) groups is 2. The average Bonchev–Trinajstić information content (AvgIpc) is 3.17. The van der Waals surface area contributed by atoms with Crippen LogP contribution in [-0.2, 0) is 16.1 Å². The molecule has 1 aliphatic rings. The van der Waals surface area contributed by atoms with E-state index in [0.29, 0.717) is 17.1 Å². The summed E-state index contributed by atoms with van der Waals surface area (Å²) in [4.78, 5) is 25.9. The first-order chi connectivity index (χ1) is 11.5. The van der Waals surface area contributed by atoms with E-state index in [1.54, 1.807) is 43.5 Å². The molecule has 0 bridgehead atoms. The van der Waals surface area contributed by atoms with Crippen molar-refractivity contribution in [3.8, 4) is 5.75 Å². The molecule has 6 nitrogen and oxygen atoms in total. The zero-order chi connectivity index (χ0) is 17.3. The van der Waals surface area contributed by atoms with Gasteiger partial charge in [-0.1, -0.05) is 12.1 Å². The van der Waals surface area contributed by atoms with Gasteiger partial charge in [-0.3, -0.25) is 9.59 Å². The van der Waals surface area contributed by atoms with Crippen LogP contribution in [0.15, 0.2) is 58.4 Å². The van der Waals surface area contributed by atoms with E-state index in [1.807, 2.05) is 0 Å². The van der Waals surface area contributed by atoms with E-state index >= 15 is 0 Å². The van der Waals surface area contributed by atoms with Crippen molar-refractivity contribution in [3.05, 3.63) is 65.3 Å². The van der Waals surface area contributed by atoms with Crippen LogP contribution in [-0.4, -0.2) is 28.8 Å². The molecule has 0 saturated heterocycles. The lowest BCUT2D eigenvalue weighted by molar-refractivity contribution is -0.130. The molecule has 1 atom stereocenters. The summed E-state index contributed by atoms with van der Waals surface area (Å²) in [6.45, 7) is 1.50. The average molecular weight is 327 g/mol. The fraction of sp³-hybridized carbons (Fsp3) is 0.222. The predicted molar refractivity (Wildman–Crippen MR) is 85.3 cm³/mol. The van der Waals surface area contributed by atoms with Crippen LogP contribution in [0.25, 0.3) is 0 Å². The van der Waals surface area contributed by atoms with E-state index < -0.39 is 17.7 Å². The predicted octanol–water partition coefficient (Wildman–Crippen LogP) is 2.77. The Hall–Kier alpha value is -3.02. The number of hydrogen-bond acceptors (Lipinski definition) is 5. The SMILES string of the molecule is COc1ccc([C@@H]2C(C(C)=O)=C(O)C(=O)N2Cc2ccco2)cc1. The molecule has 1 aliphatic heterocycles. The topological polar surface area (TPSA) is 80.0 Å². The fourth-order valence-corrected chi connectivity index (χ4v) is 2.88. The van der Waals surface area contributed by atoms with Crippen LogP contribution in [0.4, 0.5) is 0 Å². The molecule has 0 aliphatic carbocycles. The lowest BCUT2D eigenvalue weighted by Gasteiger charge is -2.25. The summed E-state index contributed by atoms with van der Waals surface area (Å²) in [6, 6.07) is 9.83. The van der Waals surface area contributed by atoms with Gasteiger partial charge in [-0.25, -0.2) is 0 Å². The standard InChI is InChI=1S/C18H17NO5/c1-11(20)15-16(12-5-7-13(23-2)8-6-12)19(18(22)17(15)21)10-14-4-3-9-24-14/h3-9,16,21H,10H2,1-2H3/t16-/m1/s1. The lowest BCUT2D eigenvalue weighted by Crippen LogP contribution is -2.30. The molecule has 2 heterocycles. The highest BCUT2D eigenvalue weighted by atomic mass is 16.5. The van der Waals surface area contributed by atoms with Gasteiger partial charge in [-0.15, -0.1) is 0 Å². The van der Waals surface area contributed by atoms with E-state index in [0.717, 1.165) is 0 Å². The maximum absolute atomic E-state index is 12.5. The monoisotopic (exact) mass is 327 g/mol. The third-order valence-electron chi connectivity index (χ3n) is 4.02. The van der Waals surface area contributed by atoms with Crippen molar-refractivity contribution in [2.24, 2.45) is 0 Å². The molecule has 1 aromatic heterocycles. The van der Waals surface area contributed by atoms with Gasteiger partial charge < -0.3 is 19.2 Å². The molecule has 2 aromatic rings. The van der Waals surface area contributed by atoms with Gasteiger partial charge in [0.15, 0.2) is 11.5 Å². The Morgan fingerprint density at radius 2 is 2.00 bits per heavy atom. The van der Waals surface area contributed by atoms with Crippen molar-refractivity contribution in [1.82, 2.24) is 4.90 Å². The Labute approximate surface area is 138 Å². The minimum atomic E-state index is -0.661. The van der Waals surface area contributed by atoms with Crippen LogP contribution < -0.4 is 4.74 Å². The van der Waals surface area contributed by atoms with Crippen molar-refractivity contribution >= 4 is 11.7 Å². The van der Waals surface area contributed by atoms with E-state index in [2.05, 4.69) is 0 Å². The van der Waals surface area contributed by atoms with Crippen LogP contribution in [0.3, 0.4) is 0 Å². The number of benzene rings is 1. The number of nitrogens with zero attached hydrogens (tertiary/aromatic N) is 1. The summed E-state index contributed by atoms with van der Waals surface area (Å²) in [6.07, 6.45) is 1.51. The Morgan fingerprint density at radius 1 is 1.29 bits per heavy atom. The fourth-order valence-electron chi connectivity index (χ4n) is 2.88. The molecule has 0 unspecified atom stereocenters. The Kier molecular flexibility index (Phi) is 4.12. The molecule has 0 fully saturated rings. The number of methoxy groups -OCH3 is 1. The number of hydrogen-bond donors (Lipinski definition) is 1. The summed E-state index contributed by atoms with van der Waals surface area (Å²) < 4.78 is 10.4. The highest BCUT2D eigenvalue weighted by molar-refractivity contribution is 6.08. The number of furan rings is 1. The largest absolute Gasteiger partial charge is 0.503 e. The molecule has 3 rings (SSSR count). The second-order valence-electron chi connectivity index (χ2n) is 5.51. The molecule has 1 amide bonds. The molecule has 1 N–H and O–H groups in total. The van der Waals surface area contributed by atoms with Crippen LogP contribution in [0, 0.1) is 0 Å². The van der Waals surface area contributed by atoms with Crippen molar-refractivity contribution in [1.29, 1.82) is 0 Å². The van der Waals surface area contributed by atoms with E-state index in [4.69, 9.17) is 9.15 Å². The van der Waals surface area contributed by atoms with Crippen LogP contribution in [0.5, 0.6) is 5.75 Å². The Balaban J connectivity index is 2.03. The quantitative estimate of drug-likeness (QED) is 0.913. The molecule has 1 aromatic carbocycles. The first-order valence-electron chi connectivity index (χ1n) is 7.44. The number of carbonyl (C=O) groups excluding carboxylic acids is 2. The summed E-state index contributed by atoms with van der Waals surface area (Å²) in [7, 11) is 1.56. The van der Waals surface area contributed by atoms with Crippen molar-refractivity contribution < 1.29 is 23.8 Å². The number of ketones is 1. The van der Waals surface area contributed by atoms with Gasteiger partial charge in [-0.2, -0.15) is 0 Å².